The maximum atomic E-state index is 6.26. The number of nitrogens with one attached hydrogen (secondary N) is 1. The summed E-state index contributed by atoms with van der Waals surface area (Å²) in [6.07, 6.45) is 0.905. The van der Waals surface area contributed by atoms with Gasteiger partial charge in [0.15, 0.2) is 0 Å². The number of hydrogen-bond donors (Lipinski definition) is 1. The van der Waals surface area contributed by atoms with Gasteiger partial charge in [0.2, 0.25) is 0 Å². The van der Waals surface area contributed by atoms with Gasteiger partial charge >= 0.3 is 0 Å². The molecule has 0 radical (unpaired) electrons. The molecule has 1 aliphatic rings. The summed E-state index contributed by atoms with van der Waals surface area (Å²) in [5, 5.41) is 4.22. The van der Waals surface area contributed by atoms with Crippen molar-refractivity contribution in [1.82, 2.24) is 0 Å². The molecule has 14 heavy (non-hydrogen) atoms. The minimum Gasteiger partial charge on any atom is -0.359 e. The van der Waals surface area contributed by atoms with E-state index in [1.165, 1.54) is 27.9 Å². The molecule has 0 aromatic heterocycles. The lowest BCUT2D eigenvalue weighted by atomic mass is 9.98. The monoisotopic (exact) mass is 207 g/mol. The van der Waals surface area contributed by atoms with Gasteiger partial charge in [-0.1, -0.05) is 18.2 Å². The van der Waals surface area contributed by atoms with Crippen LogP contribution < -0.4 is 5.32 Å². The Morgan fingerprint density at radius 2 is 1.79 bits per heavy atom. The largest absolute Gasteiger partial charge is 0.359 e. The van der Waals surface area contributed by atoms with E-state index in [0.29, 0.717) is 0 Å². The molecule has 0 saturated heterocycles. The molecule has 0 spiro atoms. The quantitative estimate of drug-likeness (QED) is 0.684. The Morgan fingerprint density at radius 3 is 2.43 bits per heavy atom. The van der Waals surface area contributed by atoms with Crippen LogP contribution in [0.1, 0.15) is 22.3 Å². The molecule has 0 atom stereocenters. The fourth-order valence-corrected chi connectivity index (χ4v) is 2.26. The maximum Gasteiger partial charge on any atom is 0.0471 e. The van der Waals surface area contributed by atoms with Crippen LogP contribution in [0.25, 0.3) is 0 Å². The number of rotatable bonds is 0. The minimum atomic E-state index is 0.901. The third-order valence-electron chi connectivity index (χ3n) is 3.04. The Kier molecular flexibility index (Phi) is 2.07. The van der Waals surface area contributed by atoms with Gasteiger partial charge < -0.3 is 5.32 Å². The highest BCUT2D eigenvalue weighted by Crippen LogP contribution is 2.39. The van der Waals surface area contributed by atoms with Crippen molar-refractivity contribution >= 4 is 17.3 Å². The second-order valence-corrected chi connectivity index (χ2v) is 4.33. The lowest BCUT2D eigenvalue weighted by Crippen LogP contribution is -1.95. The van der Waals surface area contributed by atoms with Gasteiger partial charge in [-0.2, -0.15) is 0 Å². The lowest BCUT2D eigenvalue weighted by Gasteiger charge is -2.13. The van der Waals surface area contributed by atoms with Crippen molar-refractivity contribution in [1.29, 1.82) is 0 Å². The molecule has 2 heteroatoms. The molecule has 0 aliphatic carbocycles. The van der Waals surface area contributed by atoms with E-state index in [-0.39, 0.29) is 0 Å². The van der Waals surface area contributed by atoms with Gasteiger partial charge in [0.25, 0.3) is 0 Å². The van der Waals surface area contributed by atoms with E-state index in [4.69, 9.17) is 11.6 Å². The third-order valence-corrected chi connectivity index (χ3v) is 3.61. The van der Waals surface area contributed by atoms with Gasteiger partial charge in [-0.25, -0.2) is 0 Å². The van der Waals surface area contributed by atoms with Crippen molar-refractivity contribution in [3.8, 4) is 0 Å². The molecule has 1 aliphatic heterocycles. The molecule has 0 fully saturated rings. The fourth-order valence-electron chi connectivity index (χ4n) is 2.00. The van der Waals surface area contributed by atoms with E-state index in [1.54, 1.807) is 0 Å². The zero-order valence-corrected chi connectivity index (χ0v) is 9.55. The molecule has 0 unspecified atom stereocenters. The number of hydrogen-bond acceptors (Lipinski definition) is 1. The van der Waals surface area contributed by atoms with Gasteiger partial charge in [0, 0.05) is 22.8 Å². The Balaban J connectivity index is 2.76. The average molecular weight is 208 g/mol. The summed E-state index contributed by atoms with van der Waals surface area (Å²) in [7, 11) is 0. The average Bonchev–Trinajstić information content (AvgIpc) is 2.54. The SMILES string of the molecule is C=C1Cc2c(C)c(Cl)c(C)c(C)c2N1. The highest BCUT2D eigenvalue weighted by molar-refractivity contribution is 6.32. The number of allylic oxidation sites excluding steroid dienone is 1. The van der Waals surface area contributed by atoms with Crippen LogP contribution in [-0.4, -0.2) is 0 Å². The van der Waals surface area contributed by atoms with Gasteiger partial charge in [0.1, 0.15) is 0 Å². The first kappa shape index (κ1) is 9.60. The molecule has 2 rings (SSSR count). The van der Waals surface area contributed by atoms with Crippen molar-refractivity contribution in [3.63, 3.8) is 0 Å². The van der Waals surface area contributed by atoms with Crippen molar-refractivity contribution in [2.45, 2.75) is 27.2 Å². The van der Waals surface area contributed by atoms with Crippen LogP contribution in [-0.2, 0) is 6.42 Å². The maximum absolute atomic E-state index is 6.26. The molecule has 74 valence electrons. The van der Waals surface area contributed by atoms with E-state index < -0.39 is 0 Å². The highest BCUT2D eigenvalue weighted by Gasteiger charge is 2.21. The van der Waals surface area contributed by atoms with Gasteiger partial charge in [-0.3, -0.25) is 0 Å². The molecule has 0 saturated carbocycles. The summed E-state index contributed by atoms with van der Waals surface area (Å²) in [6, 6.07) is 0. The molecule has 0 amide bonds. The first-order valence-corrected chi connectivity index (χ1v) is 5.13. The second-order valence-electron chi connectivity index (χ2n) is 3.95. The van der Waals surface area contributed by atoms with Crippen LogP contribution in [0, 0.1) is 20.8 Å². The summed E-state index contributed by atoms with van der Waals surface area (Å²) in [6.45, 7) is 10.2. The smallest absolute Gasteiger partial charge is 0.0471 e. The van der Waals surface area contributed by atoms with Crippen LogP contribution in [0.4, 0.5) is 5.69 Å². The van der Waals surface area contributed by atoms with E-state index in [1.807, 2.05) is 0 Å². The van der Waals surface area contributed by atoms with Crippen molar-refractivity contribution in [2.75, 3.05) is 5.32 Å². The molecule has 1 N–H and O–H groups in total. The zero-order valence-electron chi connectivity index (χ0n) is 8.79. The van der Waals surface area contributed by atoms with Crippen LogP contribution in [0.15, 0.2) is 12.3 Å². The number of anilines is 1. The van der Waals surface area contributed by atoms with Crippen LogP contribution in [0.3, 0.4) is 0 Å². The minimum absolute atomic E-state index is 0.901. The fraction of sp³-hybridized carbons (Fsp3) is 0.333. The van der Waals surface area contributed by atoms with E-state index in [0.717, 1.165) is 17.1 Å². The summed E-state index contributed by atoms with van der Waals surface area (Å²) in [4.78, 5) is 0. The topological polar surface area (TPSA) is 12.0 Å². The summed E-state index contributed by atoms with van der Waals surface area (Å²) < 4.78 is 0. The summed E-state index contributed by atoms with van der Waals surface area (Å²) in [5.41, 5.74) is 7.20. The molecular weight excluding hydrogens is 194 g/mol. The van der Waals surface area contributed by atoms with E-state index >= 15 is 0 Å². The normalized spacial score (nSPS) is 14.1. The lowest BCUT2D eigenvalue weighted by molar-refractivity contribution is 1.20. The Morgan fingerprint density at radius 1 is 1.14 bits per heavy atom. The molecular formula is C12H14ClN. The van der Waals surface area contributed by atoms with Crippen LogP contribution >= 0.6 is 11.6 Å². The number of halogens is 1. The molecule has 0 bridgehead atoms. The van der Waals surface area contributed by atoms with E-state index in [9.17, 15) is 0 Å². The zero-order chi connectivity index (χ0) is 10.5. The predicted octanol–water partition coefficient (Wildman–Crippen LogP) is 3.75. The Bertz CT molecular complexity index is 394. The molecule has 1 nitrogen and oxygen atoms in total. The second kappa shape index (κ2) is 3.03. The van der Waals surface area contributed by atoms with Crippen molar-refractivity contribution < 1.29 is 0 Å². The highest BCUT2D eigenvalue weighted by atomic mass is 35.5. The van der Waals surface area contributed by atoms with Crippen LogP contribution in [0.2, 0.25) is 5.02 Å². The summed E-state index contributed by atoms with van der Waals surface area (Å²) in [5.74, 6) is 0. The molecule has 1 aromatic rings. The Hall–Kier alpha value is -0.950. The van der Waals surface area contributed by atoms with Crippen molar-refractivity contribution in [3.05, 3.63) is 39.6 Å². The standard InChI is InChI=1S/C12H14ClN/c1-6-5-10-9(4)11(13)7(2)8(3)12(10)14-6/h14H,1,5H2,2-4H3. The summed E-state index contributed by atoms with van der Waals surface area (Å²) >= 11 is 6.26. The molecule has 1 heterocycles. The Labute approximate surface area is 89.8 Å². The third kappa shape index (κ3) is 1.16. The first-order valence-electron chi connectivity index (χ1n) is 4.75. The first-order chi connectivity index (χ1) is 6.52. The van der Waals surface area contributed by atoms with Crippen molar-refractivity contribution in [2.24, 2.45) is 0 Å². The van der Waals surface area contributed by atoms with Gasteiger partial charge in [0.05, 0.1) is 0 Å². The van der Waals surface area contributed by atoms with Gasteiger partial charge in [-0.15, -0.1) is 0 Å². The van der Waals surface area contributed by atoms with Gasteiger partial charge in [-0.05, 0) is 43.0 Å². The predicted molar refractivity (Wildman–Crippen MR) is 62.1 cm³/mol. The molecule has 1 aromatic carbocycles. The van der Waals surface area contributed by atoms with Crippen LogP contribution in [0.5, 0.6) is 0 Å². The van der Waals surface area contributed by atoms with E-state index in [2.05, 4.69) is 32.7 Å². The number of benzene rings is 1. The number of fused-ring (bicyclic) bond motifs is 1.